The summed E-state index contributed by atoms with van der Waals surface area (Å²) in [6.07, 6.45) is 0.183. The van der Waals surface area contributed by atoms with Crippen LogP contribution in [0.1, 0.15) is 6.92 Å². The van der Waals surface area contributed by atoms with Crippen molar-refractivity contribution in [1.29, 1.82) is 0 Å². The Morgan fingerprint density at radius 2 is 2.17 bits per heavy atom. The van der Waals surface area contributed by atoms with Crippen molar-refractivity contribution in [1.82, 2.24) is 4.90 Å². The summed E-state index contributed by atoms with van der Waals surface area (Å²) in [6, 6.07) is 7.98. The normalized spacial score (nSPS) is 20.7. The average Bonchev–Trinajstić information content (AvgIpc) is 2.46. The molecule has 1 heterocycles. The van der Waals surface area contributed by atoms with E-state index in [-0.39, 0.29) is 6.10 Å². The summed E-state index contributed by atoms with van der Waals surface area (Å²) in [5.74, 6) is 0.895. The molecule has 1 N–H and O–H groups in total. The maximum atomic E-state index is 5.76. The van der Waals surface area contributed by atoms with Gasteiger partial charge in [-0.2, -0.15) is 0 Å². The van der Waals surface area contributed by atoms with Crippen LogP contribution in [0.5, 0.6) is 5.75 Å². The number of hydrogen-bond donors (Lipinski definition) is 1. The molecule has 18 heavy (non-hydrogen) atoms. The van der Waals surface area contributed by atoms with E-state index in [1.807, 2.05) is 31.3 Å². The number of rotatable bonds is 5. The van der Waals surface area contributed by atoms with Gasteiger partial charge in [0.15, 0.2) is 0 Å². The second kappa shape index (κ2) is 6.61. The Morgan fingerprint density at radius 3 is 2.83 bits per heavy atom. The Hall–Kier alpha value is -1.26. The lowest BCUT2D eigenvalue weighted by molar-refractivity contribution is -0.0464. The van der Waals surface area contributed by atoms with Gasteiger partial charge in [-0.05, 0) is 30.8 Å². The summed E-state index contributed by atoms with van der Waals surface area (Å²) < 4.78 is 11.5. The van der Waals surface area contributed by atoms with Crippen molar-refractivity contribution in [3.05, 3.63) is 24.3 Å². The van der Waals surface area contributed by atoms with E-state index in [0.717, 1.165) is 37.7 Å². The van der Waals surface area contributed by atoms with Crippen LogP contribution in [0, 0.1) is 0 Å². The third-order valence-electron chi connectivity index (χ3n) is 3.25. The topological polar surface area (TPSA) is 33.7 Å². The van der Waals surface area contributed by atoms with Gasteiger partial charge < -0.3 is 14.8 Å². The van der Waals surface area contributed by atoms with Gasteiger partial charge in [0.2, 0.25) is 0 Å². The number of nitrogens with one attached hydrogen (secondary N) is 1. The first kappa shape index (κ1) is 13.2. The molecule has 4 nitrogen and oxygen atoms in total. The Labute approximate surface area is 109 Å². The maximum Gasteiger partial charge on any atom is 0.119 e. The average molecular weight is 250 g/mol. The van der Waals surface area contributed by atoms with Gasteiger partial charge >= 0.3 is 0 Å². The van der Waals surface area contributed by atoms with Crippen LogP contribution in [0.25, 0.3) is 0 Å². The maximum absolute atomic E-state index is 5.76. The minimum absolute atomic E-state index is 0.183. The molecule has 1 fully saturated rings. The summed E-state index contributed by atoms with van der Waals surface area (Å²) in [6.45, 7) is 6.68. The smallest absolute Gasteiger partial charge is 0.119 e. The van der Waals surface area contributed by atoms with Gasteiger partial charge in [-0.3, -0.25) is 4.90 Å². The lowest BCUT2D eigenvalue weighted by atomic mass is 10.2. The number of hydrogen-bond acceptors (Lipinski definition) is 4. The van der Waals surface area contributed by atoms with Gasteiger partial charge in [-0.25, -0.2) is 0 Å². The quantitative estimate of drug-likeness (QED) is 0.864. The Morgan fingerprint density at radius 1 is 1.39 bits per heavy atom. The molecule has 0 amide bonds. The fourth-order valence-electron chi connectivity index (χ4n) is 2.08. The third kappa shape index (κ3) is 3.62. The summed E-state index contributed by atoms with van der Waals surface area (Å²) in [5, 5.41) is 3.09. The zero-order valence-electron chi connectivity index (χ0n) is 11.2. The molecule has 1 aromatic rings. The summed E-state index contributed by atoms with van der Waals surface area (Å²) >= 11 is 0. The molecular formula is C14H22N2O2. The zero-order valence-corrected chi connectivity index (χ0v) is 11.2. The van der Waals surface area contributed by atoms with Crippen molar-refractivity contribution in [3.8, 4) is 5.75 Å². The molecule has 4 heteroatoms. The minimum Gasteiger partial charge on any atom is -0.491 e. The van der Waals surface area contributed by atoms with Crippen LogP contribution < -0.4 is 10.1 Å². The van der Waals surface area contributed by atoms with Crippen molar-refractivity contribution in [2.45, 2.75) is 13.0 Å². The summed E-state index contributed by atoms with van der Waals surface area (Å²) in [5.41, 5.74) is 1.09. The number of anilines is 1. The molecule has 0 aromatic heterocycles. The van der Waals surface area contributed by atoms with Crippen LogP contribution in [0.15, 0.2) is 24.3 Å². The monoisotopic (exact) mass is 250 g/mol. The molecular weight excluding hydrogens is 228 g/mol. The van der Waals surface area contributed by atoms with E-state index in [9.17, 15) is 0 Å². The Balaban J connectivity index is 1.79. The fraction of sp³-hybridized carbons (Fsp3) is 0.571. The number of nitrogens with zero attached hydrogens (tertiary/aromatic N) is 1. The Bertz CT molecular complexity index is 353. The highest BCUT2D eigenvalue weighted by Crippen LogP contribution is 2.16. The van der Waals surface area contributed by atoms with Crippen LogP contribution in [0.3, 0.4) is 0 Å². The number of morpholine rings is 1. The Kier molecular flexibility index (Phi) is 4.84. The number of benzene rings is 1. The van der Waals surface area contributed by atoms with E-state index in [1.54, 1.807) is 0 Å². The van der Waals surface area contributed by atoms with Crippen molar-refractivity contribution >= 4 is 5.69 Å². The van der Waals surface area contributed by atoms with Gasteiger partial charge in [-0.1, -0.05) is 6.92 Å². The van der Waals surface area contributed by atoms with Crippen LogP contribution in [0.2, 0.25) is 0 Å². The molecule has 0 aliphatic carbocycles. The molecule has 1 aromatic carbocycles. The number of likely N-dealkylation sites (N-methyl/N-ethyl adjacent to an activating group) is 1. The molecule has 2 rings (SSSR count). The van der Waals surface area contributed by atoms with E-state index in [4.69, 9.17) is 9.47 Å². The van der Waals surface area contributed by atoms with Crippen molar-refractivity contribution in [2.75, 3.05) is 45.2 Å². The van der Waals surface area contributed by atoms with E-state index in [0.29, 0.717) is 6.61 Å². The molecule has 100 valence electrons. The van der Waals surface area contributed by atoms with Gasteiger partial charge in [0.25, 0.3) is 0 Å². The number of ether oxygens (including phenoxy) is 2. The lowest BCUT2D eigenvalue weighted by Crippen LogP contribution is -2.44. The predicted molar refractivity (Wildman–Crippen MR) is 73.3 cm³/mol. The highest BCUT2D eigenvalue weighted by Gasteiger charge is 2.19. The fourth-order valence-corrected chi connectivity index (χ4v) is 2.08. The van der Waals surface area contributed by atoms with E-state index >= 15 is 0 Å². The standard InChI is InChI=1S/C14H22N2O2/c1-3-16-8-9-17-14(10-16)11-18-13-6-4-12(15-2)5-7-13/h4-7,14-15H,3,8-11H2,1-2H3. The van der Waals surface area contributed by atoms with Crippen LogP contribution in [-0.4, -0.2) is 50.9 Å². The first-order chi connectivity index (χ1) is 8.81. The molecule has 1 aliphatic rings. The molecule has 1 saturated heterocycles. The van der Waals surface area contributed by atoms with Crippen LogP contribution >= 0.6 is 0 Å². The molecule has 0 spiro atoms. The van der Waals surface area contributed by atoms with E-state index < -0.39 is 0 Å². The highest BCUT2D eigenvalue weighted by molar-refractivity contribution is 5.45. The SMILES string of the molecule is CCN1CCOC(COc2ccc(NC)cc2)C1. The lowest BCUT2D eigenvalue weighted by Gasteiger charge is -2.31. The van der Waals surface area contributed by atoms with Crippen LogP contribution in [0.4, 0.5) is 5.69 Å². The van der Waals surface area contributed by atoms with Crippen molar-refractivity contribution in [3.63, 3.8) is 0 Å². The van der Waals surface area contributed by atoms with E-state index in [1.165, 1.54) is 0 Å². The van der Waals surface area contributed by atoms with Gasteiger partial charge in [-0.15, -0.1) is 0 Å². The highest BCUT2D eigenvalue weighted by atomic mass is 16.5. The van der Waals surface area contributed by atoms with Crippen molar-refractivity contribution < 1.29 is 9.47 Å². The van der Waals surface area contributed by atoms with Gasteiger partial charge in [0, 0.05) is 25.8 Å². The van der Waals surface area contributed by atoms with E-state index in [2.05, 4.69) is 17.1 Å². The van der Waals surface area contributed by atoms with Crippen molar-refractivity contribution in [2.24, 2.45) is 0 Å². The first-order valence-electron chi connectivity index (χ1n) is 6.56. The largest absolute Gasteiger partial charge is 0.491 e. The van der Waals surface area contributed by atoms with Crippen LogP contribution in [-0.2, 0) is 4.74 Å². The molecule has 1 atom stereocenters. The molecule has 1 unspecified atom stereocenters. The second-order valence-corrected chi connectivity index (χ2v) is 4.47. The summed E-state index contributed by atoms with van der Waals surface area (Å²) in [7, 11) is 1.91. The zero-order chi connectivity index (χ0) is 12.8. The third-order valence-corrected chi connectivity index (χ3v) is 3.25. The van der Waals surface area contributed by atoms with Gasteiger partial charge in [0.05, 0.1) is 6.61 Å². The molecule has 0 bridgehead atoms. The first-order valence-corrected chi connectivity index (χ1v) is 6.56. The molecule has 0 saturated carbocycles. The molecule has 1 aliphatic heterocycles. The minimum atomic E-state index is 0.183. The summed E-state index contributed by atoms with van der Waals surface area (Å²) in [4.78, 5) is 2.39. The predicted octanol–water partition coefficient (Wildman–Crippen LogP) is 1.83. The second-order valence-electron chi connectivity index (χ2n) is 4.47. The molecule has 0 radical (unpaired) electrons. The van der Waals surface area contributed by atoms with Gasteiger partial charge in [0.1, 0.15) is 18.5 Å².